The third kappa shape index (κ3) is 6.49. The number of hydrogen-bond acceptors (Lipinski definition) is 4. The highest BCUT2D eigenvalue weighted by molar-refractivity contribution is 9.10. The van der Waals surface area contributed by atoms with Crippen LogP contribution in [-0.2, 0) is 19.5 Å². The molecular weight excluding hydrogens is 334 g/mol. The van der Waals surface area contributed by atoms with E-state index in [-0.39, 0.29) is 4.90 Å². The van der Waals surface area contributed by atoms with E-state index in [2.05, 4.69) is 20.7 Å². The fourth-order valence-electron chi connectivity index (χ4n) is 1.34. The fraction of sp³-hybridized carbons (Fsp3) is 0.500. The van der Waals surface area contributed by atoms with Gasteiger partial charge in [0.05, 0.1) is 18.1 Å². The summed E-state index contributed by atoms with van der Waals surface area (Å²) in [5.74, 6) is 0. The van der Waals surface area contributed by atoms with Crippen molar-refractivity contribution in [2.45, 2.75) is 11.3 Å². The monoisotopic (exact) mass is 351 g/mol. The zero-order chi connectivity index (χ0) is 14.1. The minimum Gasteiger partial charge on any atom is -0.382 e. The highest BCUT2D eigenvalue weighted by Crippen LogP contribution is 2.15. The minimum absolute atomic E-state index is 0.252. The quantitative estimate of drug-likeness (QED) is 0.688. The minimum atomic E-state index is -3.44. The van der Waals surface area contributed by atoms with Gasteiger partial charge in [0, 0.05) is 24.7 Å². The first kappa shape index (κ1) is 16.6. The van der Waals surface area contributed by atoms with Gasteiger partial charge in [-0.05, 0) is 24.6 Å². The maximum atomic E-state index is 11.9. The Kier molecular flexibility index (Phi) is 7.55. The predicted molar refractivity (Wildman–Crippen MR) is 76.6 cm³/mol. The van der Waals surface area contributed by atoms with E-state index in [1.807, 2.05) is 0 Å². The molecule has 0 aliphatic carbocycles. The lowest BCUT2D eigenvalue weighted by atomic mass is 10.4. The van der Waals surface area contributed by atoms with E-state index in [9.17, 15) is 8.42 Å². The van der Waals surface area contributed by atoms with Crippen LogP contribution in [0.15, 0.2) is 33.6 Å². The van der Waals surface area contributed by atoms with Crippen LogP contribution in [0.1, 0.15) is 6.42 Å². The van der Waals surface area contributed by atoms with Crippen LogP contribution in [0.5, 0.6) is 0 Å². The van der Waals surface area contributed by atoms with E-state index in [4.69, 9.17) is 9.47 Å². The Labute approximate surface area is 122 Å². The van der Waals surface area contributed by atoms with E-state index >= 15 is 0 Å². The van der Waals surface area contributed by atoms with E-state index in [1.54, 1.807) is 31.4 Å². The normalized spacial score (nSPS) is 11.7. The van der Waals surface area contributed by atoms with Crippen molar-refractivity contribution in [1.29, 1.82) is 0 Å². The molecule has 0 radical (unpaired) electrons. The van der Waals surface area contributed by atoms with E-state index in [0.29, 0.717) is 32.8 Å². The molecule has 7 heteroatoms. The smallest absolute Gasteiger partial charge is 0.240 e. The first-order chi connectivity index (χ1) is 9.06. The molecule has 0 atom stereocenters. The molecule has 0 aromatic heterocycles. The molecule has 0 aliphatic rings. The largest absolute Gasteiger partial charge is 0.382 e. The van der Waals surface area contributed by atoms with Crippen molar-refractivity contribution in [1.82, 2.24) is 4.72 Å². The van der Waals surface area contributed by atoms with Crippen molar-refractivity contribution in [2.75, 3.05) is 33.5 Å². The number of hydrogen-bond donors (Lipinski definition) is 1. The Morgan fingerprint density at radius 1 is 1.26 bits per heavy atom. The maximum Gasteiger partial charge on any atom is 0.240 e. The van der Waals surface area contributed by atoms with Crippen LogP contribution in [0.4, 0.5) is 0 Å². The van der Waals surface area contributed by atoms with E-state index < -0.39 is 10.0 Å². The van der Waals surface area contributed by atoms with Gasteiger partial charge < -0.3 is 9.47 Å². The number of sulfonamides is 1. The van der Waals surface area contributed by atoms with Gasteiger partial charge in [0.2, 0.25) is 10.0 Å². The fourth-order valence-corrected chi connectivity index (χ4v) is 3.01. The number of methoxy groups -OCH3 is 1. The molecule has 0 spiro atoms. The summed E-state index contributed by atoms with van der Waals surface area (Å²) < 4.78 is 37.2. The molecule has 1 N–H and O–H groups in total. The van der Waals surface area contributed by atoms with Crippen molar-refractivity contribution >= 4 is 26.0 Å². The van der Waals surface area contributed by atoms with Crippen molar-refractivity contribution in [3.8, 4) is 0 Å². The van der Waals surface area contributed by atoms with Crippen molar-refractivity contribution in [3.05, 3.63) is 28.7 Å². The third-order valence-electron chi connectivity index (χ3n) is 2.30. The number of rotatable bonds is 9. The summed E-state index contributed by atoms with van der Waals surface area (Å²) in [6.07, 6.45) is 0.622. The van der Waals surface area contributed by atoms with Gasteiger partial charge in [-0.25, -0.2) is 13.1 Å². The third-order valence-corrected chi connectivity index (χ3v) is 4.25. The number of ether oxygens (including phenoxy) is 2. The molecule has 0 heterocycles. The van der Waals surface area contributed by atoms with Crippen LogP contribution in [0, 0.1) is 0 Å². The summed E-state index contributed by atoms with van der Waals surface area (Å²) in [6, 6.07) is 6.59. The topological polar surface area (TPSA) is 64.6 Å². The van der Waals surface area contributed by atoms with Crippen LogP contribution in [0.2, 0.25) is 0 Å². The second-order valence-electron chi connectivity index (χ2n) is 3.81. The van der Waals surface area contributed by atoms with Gasteiger partial charge >= 0.3 is 0 Å². The Balaban J connectivity index is 2.32. The molecule has 0 amide bonds. The average Bonchev–Trinajstić information content (AvgIpc) is 2.38. The Bertz CT molecular complexity index is 478. The van der Waals surface area contributed by atoms with E-state index in [0.717, 1.165) is 4.47 Å². The first-order valence-electron chi connectivity index (χ1n) is 5.88. The molecule has 19 heavy (non-hydrogen) atoms. The van der Waals surface area contributed by atoms with Gasteiger partial charge in [0.25, 0.3) is 0 Å². The van der Waals surface area contributed by atoms with Gasteiger partial charge in [-0.1, -0.05) is 22.0 Å². The lowest BCUT2D eigenvalue weighted by molar-refractivity contribution is 0.0699. The van der Waals surface area contributed by atoms with Gasteiger partial charge in [-0.15, -0.1) is 0 Å². The molecule has 0 aliphatic heterocycles. The number of benzene rings is 1. The Hall–Kier alpha value is -0.470. The highest BCUT2D eigenvalue weighted by atomic mass is 79.9. The summed E-state index contributed by atoms with van der Waals surface area (Å²) in [4.78, 5) is 0.252. The van der Waals surface area contributed by atoms with Crippen LogP contribution in [0.25, 0.3) is 0 Å². The summed E-state index contributed by atoms with van der Waals surface area (Å²) in [6.45, 7) is 1.92. The van der Waals surface area contributed by atoms with E-state index in [1.165, 1.54) is 0 Å². The van der Waals surface area contributed by atoms with Gasteiger partial charge in [0.15, 0.2) is 0 Å². The summed E-state index contributed by atoms with van der Waals surface area (Å²) >= 11 is 3.25. The van der Waals surface area contributed by atoms with Crippen molar-refractivity contribution < 1.29 is 17.9 Å². The van der Waals surface area contributed by atoms with Gasteiger partial charge in [-0.3, -0.25) is 0 Å². The lowest BCUT2D eigenvalue weighted by Gasteiger charge is -2.07. The molecule has 0 saturated heterocycles. The maximum absolute atomic E-state index is 11.9. The molecule has 108 valence electrons. The Morgan fingerprint density at radius 3 is 2.74 bits per heavy atom. The highest BCUT2D eigenvalue weighted by Gasteiger charge is 2.12. The van der Waals surface area contributed by atoms with Gasteiger partial charge in [0.1, 0.15) is 0 Å². The zero-order valence-corrected chi connectivity index (χ0v) is 13.2. The van der Waals surface area contributed by atoms with Crippen LogP contribution >= 0.6 is 15.9 Å². The van der Waals surface area contributed by atoms with Crippen LogP contribution in [-0.4, -0.2) is 41.9 Å². The first-order valence-corrected chi connectivity index (χ1v) is 8.16. The molecule has 0 fully saturated rings. The molecule has 1 rings (SSSR count). The molecule has 0 bridgehead atoms. The predicted octanol–water partition coefficient (Wildman–Crippen LogP) is 1.78. The number of nitrogens with one attached hydrogen (secondary N) is 1. The Morgan fingerprint density at radius 2 is 2.05 bits per heavy atom. The summed E-state index contributed by atoms with van der Waals surface area (Å²) in [7, 11) is -1.83. The molecular formula is C12H18BrNO4S. The van der Waals surface area contributed by atoms with Crippen LogP contribution in [0.3, 0.4) is 0 Å². The molecule has 0 saturated carbocycles. The lowest BCUT2D eigenvalue weighted by Crippen LogP contribution is -2.25. The van der Waals surface area contributed by atoms with Crippen molar-refractivity contribution in [2.24, 2.45) is 0 Å². The molecule has 1 aromatic carbocycles. The second kappa shape index (κ2) is 8.65. The van der Waals surface area contributed by atoms with Crippen molar-refractivity contribution in [3.63, 3.8) is 0 Å². The van der Waals surface area contributed by atoms with Gasteiger partial charge in [-0.2, -0.15) is 0 Å². The standard InChI is InChI=1S/C12H18BrNO4S/c1-17-8-9-18-7-3-6-14-19(15,16)12-5-2-4-11(13)10-12/h2,4-5,10,14H,3,6-9H2,1H3. The summed E-state index contributed by atoms with van der Waals surface area (Å²) in [5, 5.41) is 0. The summed E-state index contributed by atoms with van der Waals surface area (Å²) in [5.41, 5.74) is 0. The zero-order valence-electron chi connectivity index (χ0n) is 10.8. The second-order valence-corrected chi connectivity index (χ2v) is 6.50. The number of halogens is 1. The SMILES string of the molecule is COCCOCCCNS(=O)(=O)c1cccc(Br)c1. The molecule has 5 nitrogen and oxygen atoms in total. The molecule has 0 unspecified atom stereocenters. The van der Waals surface area contributed by atoms with Crippen LogP contribution < -0.4 is 4.72 Å². The average molecular weight is 352 g/mol. The molecule has 1 aromatic rings.